The number of nitrogens with zero attached hydrogens (tertiary/aromatic N) is 3. The summed E-state index contributed by atoms with van der Waals surface area (Å²) in [4.78, 5) is 7.36. The molecule has 0 amide bonds. The zero-order chi connectivity index (χ0) is 47.1. The van der Waals surface area contributed by atoms with Crippen LogP contribution in [0, 0.1) is 0 Å². The number of para-hydroxylation sites is 1. The SMILES string of the molecule is C1=CC2c3cc(N(c4cccc5ccccc45)c4ccc(-c5ccc(N(c6ccc(-c7ccccc7)cc6)c6cccc(-c7ccccc7)c6)cc5)c5ccccc45)ccc3N(c3ccccc3)C2C=C1. The molecule has 336 valence electrons. The molecule has 0 saturated heterocycles. The maximum atomic E-state index is 2.50. The van der Waals surface area contributed by atoms with E-state index in [1.54, 1.807) is 0 Å². The molecular weight excluding hydrogens is 859 g/mol. The second-order valence-corrected chi connectivity index (χ2v) is 18.5. The van der Waals surface area contributed by atoms with Gasteiger partial charge in [0.15, 0.2) is 0 Å². The average molecular weight is 908 g/mol. The Labute approximate surface area is 415 Å². The summed E-state index contributed by atoms with van der Waals surface area (Å²) in [5, 5.41) is 4.80. The quantitative estimate of drug-likeness (QED) is 0.135. The zero-order valence-corrected chi connectivity index (χ0v) is 39.1. The van der Waals surface area contributed by atoms with E-state index in [1.165, 1.54) is 66.3 Å². The Morgan fingerprint density at radius 2 is 0.859 bits per heavy atom. The number of fused-ring (bicyclic) bond motifs is 5. The summed E-state index contributed by atoms with van der Waals surface area (Å²) in [5.74, 6) is 0.226. The van der Waals surface area contributed by atoms with E-state index < -0.39 is 0 Å². The van der Waals surface area contributed by atoms with Gasteiger partial charge in [0, 0.05) is 50.8 Å². The molecule has 0 N–H and O–H groups in total. The first kappa shape index (κ1) is 42.0. The van der Waals surface area contributed by atoms with Crippen molar-refractivity contribution in [3.05, 3.63) is 291 Å². The maximum absolute atomic E-state index is 2.50. The lowest BCUT2D eigenvalue weighted by atomic mass is 9.91. The molecule has 2 aliphatic rings. The van der Waals surface area contributed by atoms with Crippen LogP contribution in [0.1, 0.15) is 11.5 Å². The Bertz CT molecular complexity index is 3760. The van der Waals surface area contributed by atoms with Crippen LogP contribution in [0.4, 0.5) is 45.5 Å². The zero-order valence-electron chi connectivity index (χ0n) is 39.1. The fourth-order valence-corrected chi connectivity index (χ4v) is 11.0. The van der Waals surface area contributed by atoms with Gasteiger partial charge in [-0.25, -0.2) is 0 Å². The molecule has 1 aliphatic carbocycles. The normalized spacial score (nSPS) is 14.6. The molecule has 13 rings (SSSR count). The summed E-state index contributed by atoms with van der Waals surface area (Å²) in [6.07, 6.45) is 9.12. The van der Waals surface area contributed by atoms with Crippen LogP contribution in [0.5, 0.6) is 0 Å². The minimum atomic E-state index is 0.205. The summed E-state index contributed by atoms with van der Waals surface area (Å²) >= 11 is 0. The third-order valence-electron chi connectivity index (χ3n) is 14.4. The van der Waals surface area contributed by atoms with Gasteiger partial charge in [0.05, 0.1) is 17.4 Å². The van der Waals surface area contributed by atoms with E-state index in [1.807, 2.05) is 0 Å². The van der Waals surface area contributed by atoms with Gasteiger partial charge < -0.3 is 14.7 Å². The molecule has 11 aromatic carbocycles. The second-order valence-electron chi connectivity index (χ2n) is 18.5. The van der Waals surface area contributed by atoms with Crippen LogP contribution in [-0.2, 0) is 0 Å². The van der Waals surface area contributed by atoms with Crippen LogP contribution in [0.3, 0.4) is 0 Å². The molecule has 2 unspecified atom stereocenters. The van der Waals surface area contributed by atoms with E-state index in [0.29, 0.717) is 0 Å². The lowest BCUT2D eigenvalue weighted by Crippen LogP contribution is -2.28. The average Bonchev–Trinajstić information content (AvgIpc) is 3.78. The Hall–Kier alpha value is -9.18. The fourth-order valence-electron chi connectivity index (χ4n) is 11.0. The molecule has 3 heteroatoms. The number of rotatable bonds is 10. The predicted octanol–water partition coefficient (Wildman–Crippen LogP) is 18.7. The molecule has 0 bridgehead atoms. The molecule has 2 atom stereocenters. The highest BCUT2D eigenvalue weighted by Gasteiger charge is 2.38. The molecule has 1 heterocycles. The van der Waals surface area contributed by atoms with Crippen molar-refractivity contribution in [2.75, 3.05) is 14.7 Å². The van der Waals surface area contributed by atoms with Crippen LogP contribution in [0.25, 0.3) is 54.9 Å². The first-order chi connectivity index (χ1) is 35.2. The molecule has 71 heavy (non-hydrogen) atoms. The van der Waals surface area contributed by atoms with Crippen molar-refractivity contribution in [1.82, 2.24) is 0 Å². The predicted molar refractivity (Wildman–Crippen MR) is 301 cm³/mol. The molecular formula is C68H49N3. The monoisotopic (exact) mass is 907 g/mol. The van der Waals surface area contributed by atoms with E-state index in [2.05, 4.69) is 300 Å². The molecule has 0 fully saturated rings. The lowest BCUT2D eigenvalue weighted by molar-refractivity contribution is 0.745. The smallest absolute Gasteiger partial charge is 0.0629 e. The molecule has 1 aliphatic heterocycles. The van der Waals surface area contributed by atoms with Gasteiger partial charge in [0.2, 0.25) is 0 Å². The van der Waals surface area contributed by atoms with E-state index in [4.69, 9.17) is 0 Å². The molecule has 0 radical (unpaired) electrons. The van der Waals surface area contributed by atoms with E-state index >= 15 is 0 Å². The summed E-state index contributed by atoms with van der Waals surface area (Å²) in [6, 6.07) is 95.2. The van der Waals surface area contributed by atoms with Crippen molar-refractivity contribution in [3.8, 4) is 33.4 Å². The lowest BCUT2D eigenvalue weighted by Gasteiger charge is -2.30. The Morgan fingerprint density at radius 1 is 0.324 bits per heavy atom. The van der Waals surface area contributed by atoms with Crippen LogP contribution in [0.15, 0.2) is 285 Å². The fraction of sp³-hybridized carbons (Fsp3) is 0.0294. The number of hydrogen-bond donors (Lipinski definition) is 0. The minimum absolute atomic E-state index is 0.205. The van der Waals surface area contributed by atoms with E-state index in [-0.39, 0.29) is 12.0 Å². The van der Waals surface area contributed by atoms with Crippen molar-refractivity contribution in [1.29, 1.82) is 0 Å². The van der Waals surface area contributed by atoms with Crippen molar-refractivity contribution in [3.63, 3.8) is 0 Å². The van der Waals surface area contributed by atoms with Crippen LogP contribution >= 0.6 is 0 Å². The standard InChI is InChI=1S/C68H49N3/c1-4-18-48(19-5-1)50-34-38-55(39-35-50)69(57-27-16-24-53(46-57)49-20-6-2-7-21-49)56-40-36-52(37-41-56)59-43-45-67(62-30-13-12-29-61(59)62)71(65-33-17-23-51-22-10-11-28-60(51)65)58-42-44-68-64(47-58)63-31-14-15-32-66(63)70(68)54-25-8-3-9-26-54/h1-47,63,66H. The van der Waals surface area contributed by atoms with Crippen molar-refractivity contribution >= 4 is 67.0 Å². The highest BCUT2D eigenvalue weighted by Crippen LogP contribution is 2.51. The van der Waals surface area contributed by atoms with Crippen LogP contribution in [-0.4, -0.2) is 6.04 Å². The van der Waals surface area contributed by atoms with Gasteiger partial charge in [-0.05, 0) is 129 Å². The summed E-state index contributed by atoms with van der Waals surface area (Å²) in [7, 11) is 0. The van der Waals surface area contributed by atoms with Gasteiger partial charge in [-0.15, -0.1) is 0 Å². The van der Waals surface area contributed by atoms with Gasteiger partial charge in [-0.1, -0.05) is 206 Å². The summed E-state index contributed by atoms with van der Waals surface area (Å²) < 4.78 is 0. The van der Waals surface area contributed by atoms with Gasteiger partial charge in [0.1, 0.15) is 0 Å². The third-order valence-corrected chi connectivity index (χ3v) is 14.4. The van der Waals surface area contributed by atoms with E-state index in [9.17, 15) is 0 Å². The first-order valence-electron chi connectivity index (χ1n) is 24.6. The van der Waals surface area contributed by atoms with Gasteiger partial charge in [0.25, 0.3) is 0 Å². The minimum Gasteiger partial charge on any atom is -0.333 e. The Kier molecular flexibility index (Phi) is 10.7. The molecule has 0 aromatic heterocycles. The summed E-state index contributed by atoms with van der Waals surface area (Å²) in [5.41, 5.74) is 17.6. The van der Waals surface area contributed by atoms with Crippen molar-refractivity contribution in [2.24, 2.45) is 0 Å². The molecule has 11 aromatic rings. The van der Waals surface area contributed by atoms with Crippen molar-refractivity contribution in [2.45, 2.75) is 12.0 Å². The van der Waals surface area contributed by atoms with E-state index in [0.717, 1.165) is 39.7 Å². The topological polar surface area (TPSA) is 9.72 Å². The number of hydrogen-bond acceptors (Lipinski definition) is 3. The highest BCUT2D eigenvalue weighted by molar-refractivity contribution is 6.09. The number of benzene rings is 11. The van der Waals surface area contributed by atoms with Gasteiger partial charge in [-0.2, -0.15) is 0 Å². The van der Waals surface area contributed by atoms with Crippen molar-refractivity contribution < 1.29 is 0 Å². The molecule has 0 saturated carbocycles. The van der Waals surface area contributed by atoms with Gasteiger partial charge in [-0.3, -0.25) is 0 Å². The second kappa shape index (κ2) is 18.0. The third kappa shape index (κ3) is 7.65. The number of anilines is 8. The largest absolute Gasteiger partial charge is 0.333 e. The number of allylic oxidation sites excluding steroid dienone is 2. The highest BCUT2D eigenvalue weighted by atomic mass is 15.2. The molecule has 3 nitrogen and oxygen atoms in total. The Morgan fingerprint density at radius 3 is 1.61 bits per heavy atom. The molecule has 0 spiro atoms. The van der Waals surface area contributed by atoms with Crippen LogP contribution < -0.4 is 14.7 Å². The summed E-state index contributed by atoms with van der Waals surface area (Å²) in [6.45, 7) is 0. The van der Waals surface area contributed by atoms with Gasteiger partial charge >= 0.3 is 0 Å². The van der Waals surface area contributed by atoms with Crippen LogP contribution in [0.2, 0.25) is 0 Å². The Balaban J connectivity index is 0.921. The first-order valence-corrected chi connectivity index (χ1v) is 24.6. The maximum Gasteiger partial charge on any atom is 0.0629 e.